The van der Waals surface area contributed by atoms with Crippen LogP contribution in [0.4, 0.5) is 4.39 Å². The van der Waals surface area contributed by atoms with E-state index in [0.29, 0.717) is 17.9 Å². The highest BCUT2D eigenvalue weighted by atomic mass is 32.2. The van der Waals surface area contributed by atoms with E-state index in [0.717, 1.165) is 53.7 Å². The first-order valence-electron chi connectivity index (χ1n) is 15.9. The normalized spacial score (nSPS) is 33.6. The summed E-state index contributed by atoms with van der Waals surface area (Å²) in [7, 11) is 0. The molecule has 232 valence electrons. The number of Topliss-reactive ketones (excluding diaryl/α,β-unsaturated/α-hetero) is 1. The van der Waals surface area contributed by atoms with E-state index in [1.165, 1.54) is 29.5 Å². The molecule has 4 aromatic rings. The lowest BCUT2D eigenvalue weighted by atomic mass is 9.45. The Morgan fingerprint density at radius 2 is 1.87 bits per heavy atom. The molecule has 2 aromatic heterocycles. The van der Waals surface area contributed by atoms with Gasteiger partial charge in [-0.15, -0.1) is 0 Å². The minimum Gasteiger partial charge on any atom is -0.393 e. The third kappa shape index (κ3) is 4.30. The van der Waals surface area contributed by atoms with Gasteiger partial charge in [-0.3, -0.25) is 9.78 Å². The van der Waals surface area contributed by atoms with Crippen LogP contribution >= 0.6 is 11.8 Å². The fourth-order valence-electron chi connectivity index (χ4n) is 9.70. The monoisotopic (exact) mass is 624 g/mol. The molecular weight excluding hydrogens is 587 g/mol. The van der Waals surface area contributed by atoms with Crippen molar-refractivity contribution in [1.82, 2.24) is 19.7 Å². The van der Waals surface area contributed by atoms with Gasteiger partial charge in [0.2, 0.25) is 0 Å². The van der Waals surface area contributed by atoms with Crippen LogP contribution in [0.2, 0.25) is 0 Å². The molecule has 45 heavy (non-hydrogen) atoms. The Labute approximate surface area is 266 Å². The summed E-state index contributed by atoms with van der Waals surface area (Å²) in [5, 5.41) is 29.5. The zero-order valence-corrected chi connectivity index (χ0v) is 26.3. The number of ketones is 1. The first-order valence-corrected chi connectivity index (χ1v) is 16.9. The number of thioether (sulfide) groups is 1. The molecule has 5 unspecified atom stereocenters. The number of aliphatic hydroxyl groups is 2. The highest BCUT2D eigenvalue weighted by Gasteiger charge is 2.68. The summed E-state index contributed by atoms with van der Waals surface area (Å²) in [6.45, 7) is 4.33. The number of hydrogen-bond acceptors (Lipinski definition) is 7. The average Bonchev–Trinajstić information content (AvgIpc) is 3.55. The van der Waals surface area contributed by atoms with Crippen molar-refractivity contribution in [3.8, 4) is 5.69 Å². The second kappa shape index (κ2) is 10.3. The van der Waals surface area contributed by atoms with Gasteiger partial charge in [0.05, 0.1) is 46.7 Å². The molecule has 0 bridgehead atoms. The molecule has 8 rings (SSSR count). The largest absolute Gasteiger partial charge is 0.393 e. The number of fused-ring (bicyclic) bond motifs is 7. The van der Waals surface area contributed by atoms with Crippen LogP contribution in [-0.2, 0) is 11.2 Å². The van der Waals surface area contributed by atoms with Crippen LogP contribution in [0.15, 0.2) is 71.5 Å². The Balaban J connectivity index is 1.04. The molecule has 4 aliphatic carbocycles. The fourth-order valence-corrected chi connectivity index (χ4v) is 10.5. The zero-order chi connectivity index (χ0) is 31.1. The summed E-state index contributed by atoms with van der Waals surface area (Å²) in [6, 6.07) is 14.0. The number of allylic oxidation sites excluding steroid dienone is 1. The second-order valence-electron chi connectivity index (χ2n) is 14.0. The molecule has 3 fully saturated rings. The topological polar surface area (TPSA) is 101 Å². The maximum Gasteiger partial charge on any atom is 0.175 e. The lowest BCUT2D eigenvalue weighted by Crippen LogP contribution is -2.62. The van der Waals surface area contributed by atoms with Gasteiger partial charge in [0.25, 0.3) is 0 Å². The minimum absolute atomic E-state index is 0.0256. The molecule has 3 saturated carbocycles. The van der Waals surface area contributed by atoms with Crippen LogP contribution in [-0.4, -0.2) is 53.2 Å². The Hall–Kier alpha value is -3.40. The SMILES string of the molecule is CC12Cc3cnn(-c4ccc(F)cc4)c3C=C1CCC1C2[C@@H](O)CC2(C)C1CC[C@]2(O)C(=O)CSc1cnc2ccccc2n1. The predicted molar refractivity (Wildman–Crippen MR) is 171 cm³/mol. The van der Waals surface area contributed by atoms with Gasteiger partial charge in [0.1, 0.15) is 16.4 Å². The van der Waals surface area contributed by atoms with Crippen LogP contribution in [0.1, 0.15) is 57.2 Å². The molecular formula is C36H37FN4O3S. The third-order valence-corrected chi connectivity index (χ3v) is 12.8. The number of aliphatic hydroxyl groups excluding tert-OH is 1. The molecule has 4 aliphatic rings. The standard InChI is InChI=1S/C36H37FN4O3S/c1-34-16-21-18-39-41(24-10-8-23(37)9-11-24)29(21)15-22(34)7-12-25-26-13-14-36(44,35(26,2)17-30(42)33(25)34)31(43)20-45-32-19-38-27-5-3-4-6-28(27)40-32/h3-6,8-11,15,18-19,25-26,30,33,42,44H,7,12-14,16-17,20H2,1-2H3/t25?,26?,30-,33?,34?,35?,36-/m0/s1. The summed E-state index contributed by atoms with van der Waals surface area (Å²) in [6.07, 6.45) is 9.36. The zero-order valence-electron chi connectivity index (χ0n) is 25.5. The van der Waals surface area contributed by atoms with E-state index in [1.54, 1.807) is 18.3 Å². The first-order chi connectivity index (χ1) is 21.6. The lowest BCUT2D eigenvalue weighted by Gasteiger charge is -2.60. The molecule has 2 aromatic carbocycles. The van der Waals surface area contributed by atoms with Crippen molar-refractivity contribution in [2.45, 2.75) is 69.1 Å². The molecule has 0 amide bonds. The number of benzene rings is 2. The summed E-state index contributed by atoms with van der Waals surface area (Å²) in [5.41, 5.74) is 3.43. The number of nitrogens with zero attached hydrogens (tertiary/aromatic N) is 4. The number of rotatable bonds is 5. The summed E-state index contributed by atoms with van der Waals surface area (Å²) < 4.78 is 15.5. The van der Waals surface area contributed by atoms with Gasteiger partial charge in [-0.1, -0.05) is 43.3 Å². The van der Waals surface area contributed by atoms with Gasteiger partial charge in [0, 0.05) is 5.41 Å². The van der Waals surface area contributed by atoms with Crippen molar-refractivity contribution in [3.63, 3.8) is 0 Å². The Bertz CT molecular complexity index is 1860. The smallest absolute Gasteiger partial charge is 0.175 e. The Morgan fingerprint density at radius 3 is 2.67 bits per heavy atom. The van der Waals surface area contributed by atoms with E-state index in [1.807, 2.05) is 42.1 Å². The highest BCUT2D eigenvalue weighted by molar-refractivity contribution is 7.99. The van der Waals surface area contributed by atoms with Gasteiger partial charge in [-0.05, 0) is 110 Å². The van der Waals surface area contributed by atoms with Gasteiger partial charge < -0.3 is 10.2 Å². The summed E-state index contributed by atoms with van der Waals surface area (Å²) >= 11 is 1.32. The molecule has 0 saturated heterocycles. The molecule has 0 aliphatic heterocycles. The van der Waals surface area contributed by atoms with Crippen LogP contribution in [0.5, 0.6) is 0 Å². The molecule has 9 heteroatoms. The van der Waals surface area contributed by atoms with Gasteiger partial charge in [0.15, 0.2) is 5.78 Å². The summed E-state index contributed by atoms with van der Waals surface area (Å²) in [4.78, 5) is 23.0. The molecule has 0 spiro atoms. The van der Waals surface area contributed by atoms with Crippen LogP contribution in [0, 0.1) is 34.4 Å². The number of carbonyl (C=O) groups excluding carboxylic acids is 1. The van der Waals surface area contributed by atoms with Crippen molar-refractivity contribution in [2.24, 2.45) is 28.6 Å². The van der Waals surface area contributed by atoms with E-state index in [-0.39, 0.29) is 40.5 Å². The number of aromatic nitrogens is 4. The highest BCUT2D eigenvalue weighted by Crippen LogP contribution is 2.67. The maximum absolute atomic E-state index is 13.9. The van der Waals surface area contributed by atoms with Gasteiger partial charge >= 0.3 is 0 Å². The van der Waals surface area contributed by atoms with Crippen molar-refractivity contribution < 1.29 is 19.4 Å². The molecule has 2 N–H and O–H groups in total. The van der Waals surface area contributed by atoms with Crippen molar-refractivity contribution >= 4 is 34.7 Å². The van der Waals surface area contributed by atoms with E-state index in [9.17, 15) is 19.4 Å². The van der Waals surface area contributed by atoms with Crippen LogP contribution in [0.3, 0.4) is 0 Å². The number of halogens is 1. The third-order valence-electron chi connectivity index (χ3n) is 11.9. The van der Waals surface area contributed by atoms with Crippen molar-refractivity contribution in [1.29, 1.82) is 0 Å². The van der Waals surface area contributed by atoms with E-state index >= 15 is 0 Å². The van der Waals surface area contributed by atoms with Crippen LogP contribution < -0.4 is 0 Å². The molecule has 0 radical (unpaired) electrons. The van der Waals surface area contributed by atoms with Gasteiger partial charge in [-0.2, -0.15) is 5.10 Å². The van der Waals surface area contributed by atoms with E-state index < -0.39 is 17.1 Å². The van der Waals surface area contributed by atoms with Crippen molar-refractivity contribution in [2.75, 3.05) is 5.75 Å². The van der Waals surface area contributed by atoms with Crippen LogP contribution in [0.25, 0.3) is 22.8 Å². The first kappa shape index (κ1) is 29.0. The maximum atomic E-state index is 13.9. The Morgan fingerprint density at radius 1 is 1.09 bits per heavy atom. The quantitative estimate of drug-likeness (QED) is 0.255. The predicted octanol–water partition coefficient (Wildman–Crippen LogP) is 6.20. The van der Waals surface area contributed by atoms with E-state index in [4.69, 9.17) is 0 Å². The lowest BCUT2D eigenvalue weighted by molar-refractivity contribution is -0.177. The number of carbonyl (C=O) groups is 1. The molecule has 7 atom stereocenters. The minimum atomic E-state index is -1.49. The molecule has 7 nitrogen and oxygen atoms in total. The fraction of sp³-hybridized carbons (Fsp3) is 0.444. The van der Waals surface area contributed by atoms with Crippen molar-refractivity contribution in [3.05, 3.63) is 83.6 Å². The second-order valence-corrected chi connectivity index (χ2v) is 15.0. The van der Waals surface area contributed by atoms with Gasteiger partial charge in [-0.25, -0.2) is 14.1 Å². The molecule has 2 heterocycles. The van der Waals surface area contributed by atoms with E-state index in [2.05, 4.69) is 28.1 Å². The Kier molecular flexibility index (Phi) is 6.65. The average molecular weight is 625 g/mol. The summed E-state index contributed by atoms with van der Waals surface area (Å²) in [5.74, 6) is 0.0265. The number of para-hydroxylation sites is 2. The number of hydrogen-bond donors (Lipinski definition) is 2.